The van der Waals surface area contributed by atoms with Crippen LogP contribution in [0, 0.1) is 17.8 Å². The fraction of sp³-hybridized carbons (Fsp3) is 0.727. The summed E-state index contributed by atoms with van der Waals surface area (Å²) in [6.07, 6.45) is 7.57. The van der Waals surface area contributed by atoms with E-state index in [-0.39, 0.29) is 5.91 Å². The second kappa shape index (κ2) is 4.75. The van der Waals surface area contributed by atoms with Crippen LogP contribution < -0.4 is 5.32 Å². The first-order chi connectivity index (χ1) is 6.56. The molecule has 1 N–H and O–H groups in total. The van der Waals surface area contributed by atoms with E-state index >= 15 is 0 Å². The number of carbonyl (C=O) groups excluding carboxylic acids is 1. The number of hydrogen-bond acceptors (Lipinski definition) is 2. The van der Waals surface area contributed by atoms with Crippen LogP contribution in [0.3, 0.4) is 0 Å². The second-order valence-corrected chi connectivity index (χ2v) is 5.31. The number of amides is 1. The van der Waals surface area contributed by atoms with E-state index in [0.29, 0.717) is 6.04 Å². The SMILES string of the molecule is C#CC(C)(C)C(=O)NC1CCCSC1. The molecular formula is C11H17NOS. The number of rotatable bonds is 2. The summed E-state index contributed by atoms with van der Waals surface area (Å²) in [7, 11) is 0. The van der Waals surface area contributed by atoms with Crippen molar-refractivity contribution < 1.29 is 4.79 Å². The van der Waals surface area contributed by atoms with Crippen LogP contribution in [0.2, 0.25) is 0 Å². The van der Waals surface area contributed by atoms with Gasteiger partial charge in [0.05, 0.1) is 0 Å². The zero-order chi connectivity index (χ0) is 10.6. The van der Waals surface area contributed by atoms with Crippen LogP contribution in [-0.2, 0) is 4.79 Å². The van der Waals surface area contributed by atoms with Crippen molar-refractivity contribution in [1.82, 2.24) is 5.32 Å². The largest absolute Gasteiger partial charge is 0.351 e. The Morgan fingerprint density at radius 2 is 2.36 bits per heavy atom. The van der Waals surface area contributed by atoms with E-state index in [4.69, 9.17) is 6.42 Å². The molecule has 0 aromatic carbocycles. The van der Waals surface area contributed by atoms with Gasteiger partial charge >= 0.3 is 0 Å². The van der Waals surface area contributed by atoms with Crippen LogP contribution in [0.25, 0.3) is 0 Å². The van der Waals surface area contributed by atoms with Gasteiger partial charge in [0, 0.05) is 11.8 Å². The lowest BCUT2D eigenvalue weighted by Crippen LogP contribution is -2.44. The van der Waals surface area contributed by atoms with Crippen molar-refractivity contribution in [1.29, 1.82) is 0 Å². The van der Waals surface area contributed by atoms with Gasteiger partial charge in [0.15, 0.2) is 0 Å². The molecule has 0 saturated carbocycles. The summed E-state index contributed by atoms with van der Waals surface area (Å²) >= 11 is 1.90. The first kappa shape index (κ1) is 11.5. The number of terminal acetylenes is 1. The zero-order valence-electron chi connectivity index (χ0n) is 8.80. The van der Waals surface area contributed by atoms with E-state index in [1.165, 1.54) is 12.2 Å². The first-order valence-corrected chi connectivity index (χ1v) is 6.08. The van der Waals surface area contributed by atoms with E-state index in [9.17, 15) is 4.79 Å². The normalized spacial score (nSPS) is 22.5. The van der Waals surface area contributed by atoms with Gasteiger partial charge in [-0.2, -0.15) is 11.8 Å². The summed E-state index contributed by atoms with van der Waals surface area (Å²) in [6, 6.07) is 0.314. The molecule has 1 rings (SSSR count). The number of nitrogens with one attached hydrogen (secondary N) is 1. The summed E-state index contributed by atoms with van der Waals surface area (Å²) in [6.45, 7) is 3.55. The smallest absolute Gasteiger partial charge is 0.237 e. The zero-order valence-corrected chi connectivity index (χ0v) is 9.62. The summed E-state index contributed by atoms with van der Waals surface area (Å²) in [4.78, 5) is 11.7. The molecule has 1 fully saturated rings. The Labute approximate surface area is 90.2 Å². The van der Waals surface area contributed by atoms with Gasteiger partial charge < -0.3 is 5.32 Å². The van der Waals surface area contributed by atoms with Crippen LogP contribution in [0.4, 0.5) is 0 Å². The summed E-state index contributed by atoms with van der Waals surface area (Å²) in [5, 5.41) is 3.01. The van der Waals surface area contributed by atoms with Crippen molar-refractivity contribution >= 4 is 17.7 Å². The molecular weight excluding hydrogens is 194 g/mol. The minimum Gasteiger partial charge on any atom is -0.351 e. The lowest BCUT2D eigenvalue weighted by Gasteiger charge is -2.26. The molecule has 2 nitrogen and oxygen atoms in total. The van der Waals surface area contributed by atoms with Crippen LogP contribution in [0.15, 0.2) is 0 Å². The quantitative estimate of drug-likeness (QED) is 0.704. The van der Waals surface area contributed by atoms with Crippen LogP contribution >= 0.6 is 11.8 Å². The Morgan fingerprint density at radius 3 is 2.86 bits per heavy atom. The highest BCUT2D eigenvalue weighted by molar-refractivity contribution is 7.99. The highest BCUT2D eigenvalue weighted by Crippen LogP contribution is 2.19. The van der Waals surface area contributed by atoms with Crippen LogP contribution in [-0.4, -0.2) is 23.5 Å². The molecule has 1 unspecified atom stereocenters. The molecule has 0 bridgehead atoms. The number of carbonyl (C=O) groups is 1. The molecule has 0 aliphatic carbocycles. The molecule has 0 radical (unpaired) electrons. The van der Waals surface area contributed by atoms with Crippen molar-refractivity contribution in [2.45, 2.75) is 32.7 Å². The third-order valence-corrected chi connectivity index (χ3v) is 3.64. The second-order valence-electron chi connectivity index (χ2n) is 4.16. The molecule has 0 aromatic rings. The van der Waals surface area contributed by atoms with Crippen molar-refractivity contribution in [2.24, 2.45) is 5.41 Å². The Kier molecular flexibility index (Phi) is 3.88. The Bertz CT molecular complexity index is 249. The molecule has 1 saturated heterocycles. The average Bonchev–Trinajstić information content (AvgIpc) is 2.19. The molecule has 14 heavy (non-hydrogen) atoms. The van der Waals surface area contributed by atoms with E-state index in [0.717, 1.165) is 12.2 Å². The first-order valence-electron chi connectivity index (χ1n) is 4.93. The predicted molar refractivity (Wildman–Crippen MR) is 61.1 cm³/mol. The van der Waals surface area contributed by atoms with Gasteiger partial charge in [-0.25, -0.2) is 0 Å². The molecule has 1 aliphatic rings. The van der Waals surface area contributed by atoms with Crippen molar-refractivity contribution in [3.05, 3.63) is 0 Å². The Balaban J connectivity index is 2.44. The van der Waals surface area contributed by atoms with Gasteiger partial charge in [-0.3, -0.25) is 4.79 Å². The van der Waals surface area contributed by atoms with Crippen molar-refractivity contribution in [3.8, 4) is 12.3 Å². The third-order valence-electron chi connectivity index (χ3n) is 2.42. The topological polar surface area (TPSA) is 29.1 Å². The van der Waals surface area contributed by atoms with Crippen molar-refractivity contribution in [2.75, 3.05) is 11.5 Å². The van der Waals surface area contributed by atoms with E-state index in [1.807, 2.05) is 11.8 Å². The Morgan fingerprint density at radius 1 is 1.64 bits per heavy atom. The molecule has 0 spiro atoms. The number of thioether (sulfide) groups is 1. The molecule has 1 amide bonds. The average molecular weight is 211 g/mol. The van der Waals surface area contributed by atoms with Gasteiger partial charge in [-0.1, -0.05) is 5.92 Å². The molecule has 78 valence electrons. The summed E-state index contributed by atoms with van der Waals surface area (Å²) < 4.78 is 0. The maximum absolute atomic E-state index is 11.7. The van der Waals surface area contributed by atoms with Gasteiger partial charge in [0.2, 0.25) is 5.91 Å². The predicted octanol–water partition coefficient (Wildman–Crippen LogP) is 1.66. The van der Waals surface area contributed by atoms with E-state index < -0.39 is 5.41 Å². The minimum absolute atomic E-state index is 0.0208. The lowest BCUT2D eigenvalue weighted by atomic mass is 9.93. The van der Waals surface area contributed by atoms with Gasteiger partial charge in [0.1, 0.15) is 5.41 Å². The molecule has 3 heteroatoms. The molecule has 0 aromatic heterocycles. The van der Waals surface area contributed by atoms with Gasteiger partial charge in [-0.05, 0) is 32.4 Å². The van der Waals surface area contributed by atoms with E-state index in [1.54, 1.807) is 13.8 Å². The molecule has 1 heterocycles. The fourth-order valence-electron chi connectivity index (χ4n) is 1.29. The maximum Gasteiger partial charge on any atom is 0.237 e. The highest BCUT2D eigenvalue weighted by Gasteiger charge is 2.27. The minimum atomic E-state index is -0.678. The van der Waals surface area contributed by atoms with Crippen molar-refractivity contribution in [3.63, 3.8) is 0 Å². The summed E-state index contributed by atoms with van der Waals surface area (Å²) in [5.74, 6) is 4.72. The molecule has 1 aliphatic heterocycles. The highest BCUT2D eigenvalue weighted by atomic mass is 32.2. The summed E-state index contributed by atoms with van der Waals surface area (Å²) in [5.41, 5.74) is -0.678. The van der Waals surface area contributed by atoms with Gasteiger partial charge in [0.25, 0.3) is 0 Å². The Hall–Kier alpha value is -0.620. The van der Waals surface area contributed by atoms with Gasteiger partial charge in [-0.15, -0.1) is 6.42 Å². The van der Waals surface area contributed by atoms with Crippen LogP contribution in [0.1, 0.15) is 26.7 Å². The third kappa shape index (κ3) is 2.95. The van der Waals surface area contributed by atoms with E-state index in [2.05, 4.69) is 11.2 Å². The lowest BCUT2D eigenvalue weighted by molar-refractivity contribution is -0.127. The molecule has 1 atom stereocenters. The maximum atomic E-state index is 11.7. The number of hydrogen-bond donors (Lipinski definition) is 1. The standard InChI is InChI=1S/C11H17NOS/c1-4-11(2,3)10(13)12-9-6-5-7-14-8-9/h1,9H,5-8H2,2-3H3,(H,12,13). The van der Waals surface area contributed by atoms with Crippen LogP contribution in [0.5, 0.6) is 0 Å². The monoisotopic (exact) mass is 211 g/mol. The fourth-order valence-corrected chi connectivity index (χ4v) is 2.36.